The summed E-state index contributed by atoms with van der Waals surface area (Å²) in [6, 6.07) is 14.9. The van der Waals surface area contributed by atoms with Gasteiger partial charge in [0.1, 0.15) is 0 Å². The van der Waals surface area contributed by atoms with E-state index in [1.54, 1.807) is 36.4 Å². The molecule has 1 heterocycles. The van der Waals surface area contributed by atoms with Gasteiger partial charge in [-0.3, -0.25) is 4.79 Å². The second-order valence-electron chi connectivity index (χ2n) is 5.77. The molecule has 3 rings (SSSR count). The molecule has 7 heteroatoms. The molecule has 0 saturated heterocycles. The first-order valence-corrected chi connectivity index (χ1v) is 9.32. The van der Waals surface area contributed by atoms with Gasteiger partial charge in [-0.15, -0.1) is 0 Å². The van der Waals surface area contributed by atoms with Gasteiger partial charge in [-0.05, 0) is 36.4 Å². The number of pyridine rings is 1. The summed E-state index contributed by atoms with van der Waals surface area (Å²) in [6.45, 7) is 0. The van der Waals surface area contributed by atoms with E-state index in [0.29, 0.717) is 27.5 Å². The monoisotopic (exact) mass is 453 g/mol. The Kier molecular flexibility index (Phi) is 5.67. The van der Waals surface area contributed by atoms with Crippen molar-refractivity contribution in [2.45, 2.75) is 6.18 Å². The van der Waals surface area contributed by atoms with Crippen molar-refractivity contribution in [3.63, 3.8) is 0 Å². The second kappa shape index (κ2) is 7.82. The number of aromatic nitrogens is 1. The Hall–Kier alpha value is -2.18. The molecule has 0 fully saturated rings. The highest BCUT2D eigenvalue weighted by Crippen LogP contribution is 2.32. The summed E-state index contributed by atoms with van der Waals surface area (Å²) in [4.78, 5) is 16.7. The second-order valence-corrected chi connectivity index (χ2v) is 6.76. The van der Waals surface area contributed by atoms with E-state index in [-0.39, 0.29) is 11.1 Å². The quantitative estimate of drug-likeness (QED) is 0.326. The van der Waals surface area contributed by atoms with E-state index in [1.807, 2.05) is 0 Å². The molecule has 0 aliphatic carbocycles. The summed E-state index contributed by atoms with van der Waals surface area (Å²) < 4.78 is 38.3. The van der Waals surface area contributed by atoms with E-state index in [0.717, 1.165) is 17.7 Å². The first kappa shape index (κ1) is 19.6. The minimum Gasteiger partial charge on any atom is -0.293 e. The van der Waals surface area contributed by atoms with Crippen molar-refractivity contribution in [2.75, 3.05) is 5.33 Å². The lowest BCUT2D eigenvalue weighted by atomic mass is 10.0. The minimum atomic E-state index is -4.41. The lowest BCUT2D eigenvalue weighted by Gasteiger charge is -2.10. The summed E-state index contributed by atoms with van der Waals surface area (Å²) in [5.41, 5.74) is 1.87. The molecule has 0 amide bonds. The van der Waals surface area contributed by atoms with Crippen molar-refractivity contribution < 1.29 is 18.0 Å². The van der Waals surface area contributed by atoms with E-state index in [2.05, 4.69) is 20.9 Å². The van der Waals surface area contributed by atoms with Crippen LogP contribution in [0.1, 0.15) is 15.9 Å². The summed E-state index contributed by atoms with van der Waals surface area (Å²) in [5.74, 6) is -0.152. The van der Waals surface area contributed by atoms with E-state index in [1.165, 1.54) is 12.1 Å². The van der Waals surface area contributed by atoms with Crippen molar-refractivity contribution in [3.8, 4) is 22.5 Å². The summed E-state index contributed by atoms with van der Waals surface area (Å²) in [5, 5.41) is 0.693. The van der Waals surface area contributed by atoms with Crippen molar-refractivity contribution in [1.82, 2.24) is 4.98 Å². The van der Waals surface area contributed by atoms with Crippen LogP contribution in [0, 0.1) is 0 Å². The standard InChI is InChI=1S/C20H12BrClF3NO/c21-11-19(27)14-9-17(12-1-5-15(6-2-12)20(23,24)25)26-18(10-14)13-3-7-16(22)8-4-13/h1-10H,11H2. The van der Waals surface area contributed by atoms with Crippen LogP contribution in [0.15, 0.2) is 60.7 Å². The van der Waals surface area contributed by atoms with Gasteiger partial charge in [0, 0.05) is 21.7 Å². The molecule has 138 valence electrons. The van der Waals surface area contributed by atoms with Crippen LogP contribution in [0.5, 0.6) is 0 Å². The molecule has 0 N–H and O–H groups in total. The van der Waals surface area contributed by atoms with Crippen molar-refractivity contribution in [3.05, 3.63) is 76.8 Å². The van der Waals surface area contributed by atoms with E-state index in [4.69, 9.17) is 11.6 Å². The van der Waals surface area contributed by atoms with Crippen LogP contribution in [-0.4, -0.2) is 16.1 Å². The Morgan fingerprint density at radius 1 is 0.926 bits per heavy atom. The maximum Gasteiger partial charge on any atom is 0.416 e. The maximum absolute atomic E-state index is 12.8. The molecular weight excluding hydrogens is 443 g/mol. The van der Waals surface area contributed by atoms with Crippen LogP contribution in [0.25, 0.3) is 22.5 Å². The summed E-state index contributed by atoms with van der Waals surface area (Å²) in [7, 11) is 0. The Morgan fingerprint density at radius 2 is 1.41 bits per heavy atom. The molecule has 0 saturated carbocycles. The maximum atomic E-state index is 12.8. The number of hydrogen-bond donors (Lipinski definition) is 0. The van der Waals surface area contributed by atoms with Gasteiger partial charge >= 0.3 is 6.18 Å². The molecule has 1 aromatic heterocycles. The third-order valence-electron chi connectivity index (χ3n) is 3.92. The first-order chi connectivity index (χ1) is 12.8. The predicted octanol–water partition coefficient (Wildman–Crippen LogP) is 6.67. The molecular formula is C20H12BrClF3NO. The molecule has 0 spiro atoms. The average Bonchev–Trinajstić information content (AvgIpc) is 2.67. The van der Waals surface area contributed by atoms with Crippen LogP contribution < -0.4 is 0 Å². The highest BCUT2D eigenvalue weighted by atomic mass is 79.9. The summed E-state index contributed by atoms with van der Waals surface area (Å²) in [6.07, 6.45) is -4.41. The van der Waals surface area contributed by atoms with Crippen LogP contribution >= 0.6 is 27.5 Å². The number of ketones is 1. The number of hydrogen-bond acceptors (Lipinski definition) is 2. The third kappa shape index (κ3) is 4.57. The van der Waals surface area contributed by atoms with Crippen molar-refractivity contribution >= 4 is 33.3 Å². The number of nitrogens with zero attached hydrogens (tertiary/aromatic N) is 1. The van der Waals surface area contributed by atoms with Crippen LogP contribution in [0.3, 0.4) is 0 Å². The molecule has 2 nitrogen and oxygen atoms in total. The zero-order valence-corrected chi connectivity index (χ0v) is 16.1. The van der Waals surface area contributed by atoms with Gasteiger partial charge in [0.2, 0.25) is 0 Å². The van der Waals surface area contributed by atoms with Crippen LogP contribution in [0.4, 0.5) is 13.2 Å². The van der Waals surface area contributed by atoms with Gasteiger partial charge in [-0.2, -0.15) is 13.2 Å². The molecule has 27 heavy (non-hydrogen) atoms. The Balaban J connectivity index is 2.10. The molecule has 3 aromatic rings. The molecule has 0 unspecified atom stereocenters. The number of halogens is 5. The first-order valence-electron chi connectivity index (χ1n) is 7.83. The SMILES string of the molecule is O=C(CBr)c1cc(-c2ccc(Cl)cc2)nc(-c2ccc(C(F)(F)F)cc2)c1. The van der Waals surface area contributed by atoms with Gasteiger partial charge in [0.25, 0.3) is 0 Å². The Bertz CT molecular complexity index is 970. The largest absolute Gasteiger partial charge is 0.416 e. The van der Waals surface area contributed by atoms with E-state index < -0.39 is 11.7 Å². The zero-order chi connectivity index (χ0) is 19.6. The fourth-order valence-corrected chi connectivity index (χ4v) is 2.96. The lowest BCUT2D eigenvalue weighted by molar-refractivity contribution is -0.137. The predicted molar refractivity (Wildman–Crippen MR) is 103 cm³/mol. The number of rotatable bonds is 4. The third-order valence-corrected chi connectivity index (χ3v) is 4.68. The van der Waals surface area contributed by atoms with Gasteiger partial charge in [-0.25, -0.2) is 4.98 Å². The lowest BCUT2D eigenvalue weighted by Crippen LogP contribution is -2.05. The molecule has 2 aromatic carbocycles. The minimum absolute atomic E-state index is 0.128. The number of benzene rings is 2. The number of alkyl halides is 4. The van der Waals surface area contributed by atoms with Gasteiger partial charge in [0.05, 0.1) is 22.3 Å². The van der Waals surface area contributed by atoms with Crippen LogP contribution in [0.2, 0.25) is 5.02 Å². The number of carbonyl (C=O) groups is 1. The molecule has 0 radical (unpaired) electrons. The van der Waals surface area contributed by atoms with Crippen LogP contribution in [-0.2, 0) is 6.18 Å². The van der Waals surface area contributed by atoms with Gasteiger partial charge < -0.3 is 0 Å². The van der Waals surface area contributed by atoms with Crippen molar-refractivity contribution in [2.24, 2.45) is 0 Å². The molecule has 0 aliphatic heterocycles. The van der Waals surface area contributed by atoms with E-state index in [9.17, 15) is 18.0 Å². The fourth-order valence-electron chi connectivity index (χ4n) is 2.52. The smallest absolute Gasteiger partial charge is 0.293 e. The Labute approximate surface area is 167 Å². The van der Waals surface area contributed by atoms with Gasteiger partial charge in [-0.1, -0.05) is 51.8 Å². The fraction of sp³-hybridized carbons (Fsp3) is 0.100. The average molecular weight is 455 g/mol. The highest BCUT2D eigenvalue weighted by Gasteiger charge is 2.30. The highest BCUT2D eigenvalue weighted by molar-refractivity contribution is 9.09. The number of Topliss-reactive ketones (excluding diaryl/α,β-unsaturated/α-hetero) is 1. The van der Waals surface area contributed by atoms with Gasteiger partial charge in [0.15, 0.2) is 5.78 Å². The normalized spacial score (nSPS) is 11.4. The topological polar surface area (TPSA) is 30.0 Å². The summed E-state index contributed by atoms with van der Waals surface area (Å²) >= 11 is 9.05. The molecule has 0 bridgehead atoms. The molecule has 0 aliphatic rings. The zero-order valence-electron chi connectivity index (χ0n) is 13.7. The van der Waals surface area contributed by atoms with Crippen molar-refractivity contribution in [1.29, 1.82) is 0 Å². The number of carbonyl (C=O) groups excluding carboxylic acids is 1. The van der Waals surface area contributed by atoms with E-state index >= 15 is 0 Å². The molecule has 0 atom stereocenters. The Morgan fingerprint density at radius 3 is 1.85 bits per heavy atom.